The molecular formula is C15H17F2N3O3. The van der Waals surface area contributed by atoms with Gasteiger partial charge < -0.3 is 20.3 Å². The van der Waals surface area contributed by atoms with Gasteiger partial charge in [-0.1, -0.05) is 6.07 Å². The van der Waals surface area contributed by atoms with E-state index in [-0.39, 0.29) is 24.7 Å². The van der Waals surface area contributed by atoms with Gasteiger partial charge in [0.25, 0.3) is 0 Å². The van der Waals surface area contributed by atoms with E-state index >= 15 is 0 Å². The van der Waals surface area contributed by atoms with Crippen LogP contribution in [-0.4, -0.2) is 50.2 Å². The molecular weight excluding hydrogens is 308 g/mol. The van der Waals surface area contributed by atoms with Gasteiger partial charge in [0.05, 0.1) is 13.2 Å². The van der Waals surface area contributed by atoms with E-state index in [0.29, 0.717) is 19.6 Å². The van der Waals surface area contributed by atoms with E-state index in [0.717, 1.165) is 17.0 Å². The Morgan fingerprint density at radius 1 is 1.35 bits per heavy atom. The zero-order chi connectivity index (χ0) is 16.4. The van der Waals surface area contributed by atoms with Gasteiger partial charge in [-0.25, -0.2) is 8.78 Å². The topological polar surface area (TPSA) is 70.7 Å². The van der Waals surface area contributed by atoms with Crippen molar-refractivity contribution in [2.45, 2.75) is 18.5 Å². The Bertz CT molecular complexity index is 600. The van der Waals surface area contributed by atoms with Gasteiger partial charge >= 0.3 is 0 Å². The van der Waals surface area contributed by atoms with Gasteiger partial charge in [0, 0.05) is 13.1 Å². The summed E-state index contributed by atoms with van der Waals surface area (Å²) in [5.41, 5.74) is -0.367. The molecule has 2 aliphatic rings. The molecule has 23 heavy (non-hydrogen) atoms. The summed E-state index contributed by atoms with van der Waals surface area (Å²) in [6, 6.07) is 2.13. The highest BCUT2D eigenvalue weighted by Crippen LogP contribution is 2.27. The van der Waals surface area contributed by atoms with Gasteiger partial charge in [0.15, 0.2) is 0 Å². The van der Waals surface area contributed by atoms with Crippen LogP contribution in [0.15, 0.2) is 18.2 Å². The van der Waals surface area contributed by atoms with E-state index in [1.165, 1.54) is 6.07 Å². The van der Waals surface area contributed by atoms with Crippen LogP contribution in [0.1, 0.15) is 6.42 Å². The van der Waals surface area contributed by atoms with Crippen molar-refractivity contribution < 1.29 is 23.1 Å². The highest BCUT2D eigenvalue weighted by Gasteiger charge is 2.37. The highest BCUT2D eigenvalue weighted by atomic mass is 19.1. The number of carbonyl (C=O) groups excluding carboxylic acids is 2. The van der Waals surface area contributed by atoms with Crippen molar-refractivity contribution in [3.8, 4) is 0 Å². The van der Waals surface area contributed by atoms with Crippen LogP contribution in [0.5, 0.6) is 0 Å². The number of nitrogens with one attached hydrogen (secondary N) is 2. The molecule has 2 amide bonds. The fourth-order valence-corrected chi connectivity index (χ4v) is 2.79. The fourth-order valence-electron chi connectivity index (χ4n) is 2.79. The van der Waals surface area contributed by atoms with Crippen LogP contribution in [0.25, 0.3) is 0 Å². The summed E-state index contributed by atoms with van der Waals surface area (Å²) in [6.45, 7) is 1.48. The molecule has 0 aliphatic carbocycles. The van der Waals surface area contributed by atoms with Gasteiger partial charge in [-0.05, 0) is 18.6 Å². The molecule has 2 N–H and O–H groups in total. The molecule has 1 aromatic carbocycles. The predicted molar refractivity (Wildman–Crippen MR) is 77.9 cm³/mol. The molecule has 124 valence electrons. The molecule has 0 saturated carbocycles. The predicted octanol–water partition coefficient (Wildman–Crippen LogP) is 0.175. The first kappa shape index (κ1) is 15.8. The second-order valence-electron chi connectivity index (χ2n) is 5.49. The minimum atomic E-state index is -0.798. The standard InChI is InChI=1S/C15H17F2N3O3/c16-9-2-1-3-10(17)13(9)20-6-4-11(15(20)22)19-14(21)12-8-23-7-5-18-12/h1-3,11-12,18H,4-8H2,(H,19,21)/t11-,12-/m1/s1. The Balaban J connectivity index is 1.68. The smallest absolute Gasteiger partial charge is 0.249 e. The van der Waals surface area contributed by atoms with Crippen LogP contribution in [-0.2, 0) is 14.3 Å². The quantitative estimate of drug-likeness (QED) is 0.831. The van der Waals surface area contributed by atoms with E-state index in [1.54, 1.807) is 0 Å². The third-order valence-corrected chi connectivity index (χ3v) is 3.97. The maximum absolute atomic E-state index is 13.8. The number of rotatable bonds is 3. The second-order valence-corrected chi connectivity index (χ2v) is 5.49. The van der Waals surface area contributed by atoms with Gasteiger partial charge in [0.2, 0.25) is 11.8 Å². The molecule has 0 spiro atoms. The molecule has 0 aromatic heterocycles. The Kier molecular flexibility index (Phi) is 4.53. The number of benzene rings is 1. The average molecular weight is 325 g/mol. The molecule has 2 heterocycles. The normalized spacial score (nSPS) is 24.8. The Labute approximate surface area is 131 Å². The van der Waals surface area contributed by atoms with Gasteiger partial charge in [-0.2, -0.15) is 0 Å². The molecule has 0 bridgehead atoms. The Morgan fingerprint density at radius 3 is 2.74 bits per heavy atom. The Morgan fingerprint density at radius 2 is 2.09 bits per heavy atom. The van der Waals surface area contributed by atoms with Crippen LogP contribution in [0.2, 0.25) is 0 Å². The molecule has 0 radical (unpaired) electrons. The third kappa shape index (κ3) is 3.18. The Hall–Kier alpha value is -2.06. The van der Waals surface area contributed by atoms with Crippen molar-refractivity contribution in [3.05, 3.63) is 29.8 Å². The molecule has 2 fully saturated rings. The summed E-state index contributed by atoms with van der Waals surface area (Å²) < 4.78 is 32.8. The maximum Gasteiger partial charge on any atom is 0.249 e. The number of morpholine rings is 1. The molecule has 3 rings (SSSR count). The summed E-state index contributed by atoms with van der Waals surface area (Å²) in [4.78, 5) is 25.5. The summed E-state index contributed by atoms with van der Waals surface area (Å²) in [5.74, 6) is -2.46. The number of anilines is 1. The van der Waals surface area contributed by atoms with Crippen LogP contribution >= 0.6 is 0 Å². The van der Waals surface area contributed by atoms with Crippen molar-refractivity contribution >= 4 is 17.5 Å². The zero-order valence-corrected chi connectivity index (χ0v) is 12.4. The summed E-state index contributed by atoms with van der Waals surface area (Å²) >= 11 is 0. The van der Waals surface area contributed by atoms with Crippen LogP contribution < -0.4 is 15.5 Å². The molecule has 2 aliphatic heterocycles. The number of para-hydroxylation sites is 1. The summed E-state index contributed by atoms with van der Waals surface area (Å²) in [5, 5.41) is 5.61. The van der Waals surface area contributed by atoms with E-state index < -0.39 is 29.6 Å². The van der Waals surface area contributed by atoms with E-state index in [2.05, 4.69) is 10.6 Å². The number of hydrogen-bond donors (Lipinski definition) is 2. The van der Waals surface area contributed by atoms with Crippen LogP contribution in [0.4, 0.5) is 14.5 Å². The zero-order valence-electron chi connectivity index (χ0n) is 12.4. The SMILES string of the molecule is O=C(N[C@@H]1CCN(c2c(F)cccc2F)C1=O)[C@H]1COCCN1. The monoisotopic (exact) mass is 325 g/mol. The third-order valence-electron chi connectivity index (χ3n) is 3.97. The van der Waals surface area contributed by atoms with Crippen molar-refractivity contribution in [2.75, 3.05) is 31.2 Å². The van der Waals surface area contributed by atoms with Crippen molar-refractivity contribution in [1.29, 1.82) is 0 Å². The molecule has 2 saturated heterocycles. The lowest BCUT2D eigenvalue weighted by Crippen LogP contribution is -2.54. The van der Waals surface area contributed by atoms with Crippen molar-refractivity contribution in [1.82, 2.24) is 10.6 Å². The molecule has 2 atom stereocenters. The molecule has 8 heteroatoms. The minimum Gasteiger partial charge on any atom is -0.378 e. The second kappa shape index (κ2) is 6.59. The average Bonchev–Trinajstić information content (AvgIpc) is 2.89. The lowest BCUT2D eigenvalue weighted by molar-refractivity contribution is -0.129. The first-order chi connectivity index (χ1) is 11.1. The number of hydrogen-bond acceptors (Lipinski definition) is 4. The first-order valence-electron chi connectivity index (χ1n) is 7.45. The maximum atomic E-state index is 13.8. The minimum absolute atomic E-state index is 0.149. The van der Waals surface area contributed by atoms with Gasteiger partial charge in [0.1, 0.15) is 29.4 Å². The summed E-state index contributed by atoms with van der Waals surface area (Å²) in [7, 11) is 0. The molecule has 1 aromatic rings. The van der Waals surface area contributed by atoms with Gasteiger partial charge in [-0.15, -0.1) is 0 Å². The lowest BCUT2D eigenvalue weighted by atomic mass is 10.2. The van der Waals surface area contributed by atoms with Crippen molar-refractivity contribution in [3.63, 3.8) is 0 Å². The summed E-state index contributed by atoms with van der Waals surface area (Å²) in [6.07, 6.45) is 0.298. The first-order valence-corrected chi connectivity index (χ1v) is 7.45. The lowest BCUT2D eigenvalue weighted by Gasteiger charge is -2.24. The number of nitrogens with zero attached hydrogens (tertiary/aromatic N) is 1. The van der Waals surface area contributed by atoms with E-state index in [9.17, 15) is 18.4 Å². The van der Waals surface area contributed by atoms with Crippen molar-refractivity contribution in [2.24, 2.45) is 0 Å². The number of halogens is 2. The highest BCUT2D eigenvalue weighted by molar-refractivity contribution is 6.01. The van der Waals surface area contributed by atoms with Crippen LogP contribution in [0, 0.1) is 11.6 Å². The van der Waals surface area contributed by atoms with Crippen LogP contribution in [0.3, 0.4) is 0 Å². The van der Waals surface area contributed by atoms with E-state index in [1.807, 2.05) is 0 Å². The fraction of sp³-hybridized carbons (Fsp3) is 0.467. The largest absolute Gasteiger partial charge is 0.378 e. The number of carbonyl (C=O) groups is 2. The number of amides is 2. The number of ether oxygens (including phenoxy) is 1. The molecule has 6 nitrogen and oxygen atoms in total. The van der Waals surface area contributed by atoms with E-state index in [4.69, 9.17) is 4.74 Å². The molecule has 0 unspecified atom stereocenters. The van der Waals surface area contributed by atoms with Gasteiger partial charge in [-0.3, -0.25) is 9.59 Å².